The molecule has 0 bridgehead atoms. The number of carbonyl (C=O) groups is 3. The monoisotopic (exact) mass is 457 g/mol. The molecule has 0 saturated carbocycles. The molecular formula is C24H28FN3O5. The van der Waals surface area contributed by atoms with E-state index >= 15 is 0 Å². The number of hydrogen-bond acceptors (Lipinski definition) is 6. The van der Waals surface area contributed by atoms with Crippen LogP contribution in [0, 0.1) is 11.7 Å². The molecule has 9 heteroatoms. The summed E-state index contributed by atoms with van der Waals surface area (Å²) in [6.45, 7) is 7.17. The minimum absolute atomic E-state index is 0.206. The molecule has 0 aliphatic heterocycles. The van der Waals surface area contributed by atoms with Gasteiger partial charge >= 0.3 is 5.97 Å². The summed E-state index contributed by atoms with van der Waals surface area (Å²) in [4.78, 5) is 36.5. The van der Waals surface area contributed by atoms with E-state index in [0.717, 1.165) is 0 Å². The molecule has 2 unspecified atom stereocenters. The highest BCUT2D eigenvalue weighted by molar-refractivity contribution is 5.97. The molecule has 2 N–H and O–H groups in total. The molecule has 8 nitrogen and oxygen atoms in total. The molecule has 0 radical (unpaired) electrons. The largest absolute Gasteiger partial charge is 0.479 e. The number of carbonyl (C=O) groups excluding carboxylic acids is 3. The molecule has 0 heterocycles. The topological polar surface area (TPSA) is 106 Å². The van der Waals surface area contributed by atoms with E-state index in [-0.39, 0.29) is 18.1 Å². The van der Waals surface area contributed by atoms with Crippen molar-refractivity contribution in [1.29, 1.82) is 0 Å². The first-order chi connectivity index (χ1) is 15.7. The third-order valence-corrected chi connectivity index (χ3v) is 4.54. The van der Waals surface area contributed by atoms with Crippen LogP contribution in [0.4, 0.5) is 4.39 Å². The van der Waals surface area contributed by atoms with Gasteiger partial charge in [0.25, 0.3) is 11.8 Å². The first-order valence-electron chi connectivity index (χ1n) is 10.5. The van der Waals surface area contributed by atoms with Crippen LogP contribution in [0.1, 0.15) is 43.6 Å². The van der Waals surface area contributed by atoms with Gasteiger partial charge in [0.1, 0.15) is 17.6 Å². The summed E-state index contributed by atoms with van der Waals surface area (Å²) in [5.74, 6) is -1.59. The van der Waals surface area contributed by atoms with Crippen LogP contribution in [0.2, 0.25) is 0 Å². The van der Waals surface area contributed by atoms with E-state index in [0.29, 0.717) is 11.3 Å². The van der Waals surface area contributed by atoms with E-state index in [1.165, 1.54) is 30.5 Å². The van der Waals surface area contributed by atoms with Crippen molar-refractivity contribution in [3.8, 4) is 5.75 Å². The SMILES string of the molecule is CCOC(=O)C(C)Oc1ccc(/C=N/NC(=O)C(NC(=O)c2ccc(F)cc2)C(C)C)cc1. The third kappa shape index (κ3) is 8.03. The molecule has 2 aromatic carbocycles. The van der Waals surface area contributed by atoms with Crippen molar-refractivity contribution < 1.29 is 28.2 Å². The average Bonchev–Trinajstić information content (AvgIpc) is 2.78. The number of rotatable bonds is 10. The van der Waals surface area contributed by atoms with Crippen LogP contribution in [0.5, 0.6) is 5.75 Å². The van der Waals surface area contributed by atoms with Gasteiger partial charge in [0.05, 0.1) is 12.8 Å². The fourth-order valence-corrected chi connectivity index (χ4v) is 2.75. The molecule has 2 aromatic rings. The van der Waals surface area contributed by atoms with E-state index < -0.39 is 35.7 Å². The number of amides is 2. The Morgan fingerprint density at radius 2 is 1.67 bits per heavy atom. The zero-order chi connectivity index (χ0) is 24.4. The maximum absolute atomic E-state index is 13.0. The number of hydrazone groups is 1. The second-order valence-electron chi connectivity index (χ2n) is 7.52. The predicted molar refractivity (Wildman–Crippen MR) is 121 cm³/mol. The summed E-state index contributed by atoms with van der Waals surface area (Å²) in [7, 11) is 0. The number of nitrogens with zero attached hydrogens (tertiary/aromatic N) is 1. The van der Waals surface area contributed by atoms with Gasteiger partial charge in [-0.05, 0) is 73.9 Å². The molecule has 176 valence electrons. The van der Waals surface area contributed by atoms with Gasteiger partial charge in [-0.2, -0.15) is 5.10 Å². The molecule has 2 amide bonds. The molecule has 0 saturated heterocycles. The molecule has 0 spiro atoms. The van der Waals surface area contributed by atoms with E-state index in [4.69, 9.17) is 9.47 Å². The summed E-state index contributed by atoms with van der Waals surface area (Å²) in [6, 6.07) is 11.0. The van der Waals surface area contributed by atoms with E-state index in [1.54, 1.807) is 52.0 Å². The van der Waals surface area contributed by atoms with E-state index in [9.17, 15) is 18.8 Å². The van der Waals surface area contributed by atoms with Crippen LogP contribution in [0.15, 0.2) is 53.6 Å². The van der Waals surface area contributed by atoms with E-state index in [2.05, 4.69) is 15.8 Å². The molecule has 0 aliphatic carbocycles. The van der Waals surface area contributed by atoms with Crippen molar-refractivity contribution in [2.45, 2.75) is 39.8 Å². The normalized spacial score (nSPS) is 12.8. The molecule has 0 fully saturated rings. The minimum atomic E-state index is -0.833. The molecule has 2 atom stereocenters. The summed E-state index contributed by atoms with van der Waals surface area (Å²) >= 11 is 0. The van der Waals surface area contributed by atoms with Crippen LogP contribution >= 0.6 is 0 Å². The van der Waals surface area contributed by atoms with Gasteiger partial charge in [-0.3, -0.25) is 9.59 Å². The van der Waals surface area contributed by atoms with E-state index in [1.807, 2.05) is 0 Å². The Morgan fingerprint density at radius 1 is 1.03 bits per heavy atom. The molecular weight excluding hydrogens is 429 g/mol. The summed E-state index contributed by atoms with van der Waals surface area (Å²) in [5, 5.41) is 6.58. The number of esters is 1. The molecule has 0 aliphatic rings. The second kappa shape index (κ2) is 12.3. The fourth-order valence-electron chi connectivity index (χ4n) is 2.75. The van der Waals surface area contributed by atoms with Crippen LogP contribution in [-0.4, -0.2) is 42.8 Å². The second-order valence-corrected chi connectivity index (χ2v) is 7.52. The van der Waals surface area contributed by atoms with Crippen molar-refractivity contribution in [3.05, 3.63) is 65.5 Å². The Bertz CT molecular complexity index is 975. The Kier molecular flexibility index (Phi) is 9.53. The first-order valence-corrected chi connectivity index (χ1v) is 10.5. The number of hydrogen-bond donors (Lipinski definition) is 2. The van der Waals surface area contributed by atoms with Crippen molar-refractivity contribution in [3.63, 3.8) is 0 Å². The Hall–Kier alpha value is -3.75. The number of ether oxygens (including phenoxy) is 2. The van der Waals surface area contributed by atoms with Crippen LogP contribution in [-0.2, 0) is 14.3 Å². The molecule has 2 rings (SSSR count). The standard InChI is InChI=1S/C24H28FN3O5/c1-5-32-24(31)16(4)33-20-12-6-17(7-13-20)14-26-28-23(30)21(15(2)3)27-22(29)18-8-10-19(25)11-9-18/h6-16,21H,5H2,1-4H3,(H,27,29)(H,28,30)/b26-14+. The highest BCUT2D eigenvalue weighted by Crippen LogP contribution is 2.14. The van der Waals surface area contributed by atoms with Gasteiger partial charge in [-0.25, -0.2) is 14.6 Å². The lowest BCUT2D eigenvalue weighted by Crippen LogP contribution is -2.48. The van der Waals surface area contributed by atoms with Gasteiger partial charge < -0.3 is 14.8 Å². The highest BCUT2D eigenvalue weighted by Gasteiger charge is 2.24. The van der Waals surface area contributed by atoms with Crippen molar-refractivity contribution in [2.24, 2.45) is 11.0 Å². The van der Waals surface area contributed by atoms with Crippen LogP contribution in [0.3, 0.4) is 0 Å². The van der Waals surface area contributed by atoms with Gasteiger partial charge in [-0.15, -0.1) is 0 Å². The van der Waals surface area contributed by atoms with Gasteiger partial charge in [-0.1, -0.05) is 13.8 Å². The van der Waals surface area contributed by atoms with Crippen molar-refractivity contribution >= 4 is 24.0 Å². The van der Waals surface area contributed by atoms with Crippen molar-refractivity contribution in [1.82, 2.24) is 10.7 Å². The van der Waals surface area contributed by atoms with Crippen LogP contribution < -0.4 is 15.5 Å². The maximum atomic E-state index is 13.0. The third-order valence-electron chi connectivity index (χ3n) is 4.54. The lowest BCUT2D eigenvalue weighted by Gasteiger charge is -2.20. The Balaban J connectivity index is 1.92. The predicted octanol–water partition coefficient (Wildman–Crippen LogP) is 3.06. The fraction of sp³-hybridized carbons (Fsp3) is 0.333. The smallest absolute Gasteiger partial charge is 0.347 e. The maximum Gasteiger partial charge on any atom is 0.347 e. The average molecular weight is 458 g/mol. The first kappa shape index (κ1) is 25.5. The zero-order valence-corrected chi connectivity index (χ0v) is 19.0. The molecule has 0 aromatic heterocycles. The van der Waals surface area contributed by atoms with Crippen LogP contribution in [0.25, 0.3) is 0 Å². The van der Waals surface area contributed by atoms with Gasteiger partial charge in [0.15, 0.2) is 6.10 Å². The zero-order valence-electron chi connectivity index (χ0n) is 19.0. The Labute approximate surface area is 192 Å². The van der Waals surface area contributed by atoms with Gasteiger partial charge in [0.2, 0.25) is 0 Å². The minimum Gasteiger partial charge on any atom is -0.479 e. The van der Waals surface area contributed by atoms with Gasteiger partial charge in [0, 0.05) is 5.56 Å². The molecule has 33 heavy (non-hydrogen) atoms. The number of nitrogens with one attached hydrogen (secondary N) is 2. The number of halogens is 1. The summed E-state index contributed by atoms with van der Waals surface area (Å²) < 4.78 is 23.5. The quantitative estimate of drug-likeness (QED) is 0.324. The highest BCUT2D eigenvalue weighted by atomic mass is 19.1. The Morgan fingerprint density at radius 3 is 2.24 bits per heavy atom. The van der Waals surface area contributed by atoms with Crippen molar-refractivity contribution in [2.75, 3.05) is 6.61 Å². The number of benzene rings is 2. The lowest BCUT2D eigenvalue weighted by molar-refractivity contribution is -0.150. The lowest BCUT2D eigenvalue weighted by atomic mass is 10.0. The summed E-state index contributed by atoms with van der Waals surface area (Å²) in [6.07, 6.45) is 0.706. The summed E-state index contributed by atoms with van der Waals surface area (Å²) in [5.41, 5.74) is 3.35.